The Morgan fingerprint density at radius 1 is 1.25 bits per heavy atom. The first-order chi connectivity index (χ1) is 9.70. The summed E-state index contributed by atoms with van der Waals surface area (Å²) in [4.78, 5) is 4.13. The predicted octanol–water partition coefficient (Wildman–Crippen LogP) is 1.77. The van der Waals surface area contributed by atoms with Gasteiger partial charge in [-0.1, -0.05) is 41.1 Å². The molecule has 0 saturated carbocycles. The Balaban J connectivity index is 1.99. The van der Waals surface area contributed by atoms with E-state index in [1.165, 1.54) is 11.1 Å². The fourth-order valence-electron chi connectivity index (χ4n) is 1.91. The minimum absolute atomic E-state index is 0.0257. The molecule has 1 heterocycles. The summed E-state index contributed by atoms with van der Waals surface area (Å²) in [6.07, 6.45) is 1.62. The van der Waals surface area contributed by atoms with Gasteiger partial charge in [0, 0.05) is 19.3 Å². The van der Waals surface area contributed by atoms with E-state index in [4.69, 9.17) is 10.9 Å². The molecule has 104 valence electrons. The van der Waals surface area contributed by atoms with Gasteiger partial charge in [-0.25, -0.2) is 0 Å². The molecule has 1 aromatic carbocycles. The first-order valence-electron chi connectivity index (χ1n) is 6.39. The molecule has 5 heteroatoms. The molecule has 0 bridgehead atoms. The number of hydrogen-bond acceptors (Lipinski definition) is 4. The number of benzene rings is 1. The number of aryl methyl sites for hydroxylation is 1. The topological polar surface area (TPSA) is 83.5 Å². The second-order valence-electron chi connectivity index (χ2n) is 4.59. The molecule has 0 aliphatic heterocycles. The smallest absolute Gasteiger partial charge is 0.189 e. The van der Waals surface area contributed by atoms with Gasteiger partial charge in [0.05, 0.1) is 0 Å². The van der Waals surface area contributed by atoms with Crippen LogP contribution in [0.25, 0.3) is 0 Å². The monoisotopic (exact) mass is 270 g/mol. The van der Waals surface area contributed by atoms with Crippen LogP contribution < -0.4 is 11.1 Å². The number of amidine groups is 1. The van der Waals surface area contributed by atoms with Crippen LogP contribution in [0.5, 0.6) is 0 Å². The Labute approximate surface area is 118 Å². The first-order valence-corrected chi connectivity index (χ1v) is 6.39. The summed E-state index contributed by atoms with van der Waals surface area (Å²) < 4.78 is 0. The van der Waals surface area contributed by atoms with Gasteiger partial charge >= 0.3 is 0 Å². The highest BCUT2D eigenvalue weighted by molar-refractivity contribution is 5.96. The molecule has 0 atom stereocenters. The molecule has 20 heavy (non-hydrogen) atoms. The minimum Gasteiger partial charge on any atom is -0.409 e. The number of aromatic nitrogens is 1. The largest absolute Gasteiger partial charge is 0.409 e. The van der Waals surface area contributed by atoms with Crippen LogP contribution in [0.3, 0.4) is 0 Å². The molecular formula is C15H18N4O. The van der Waals surface area contributed by atoms with Crippen LogP contribution >= 0.6 is 0 Å². The van der Waals surface area contributed by atoms with Crippen molar-refractivity contribution < 1.29 is 5.21 Å². The van der Waals surface area contributed by atoms with Crippen molar-refractivity contribution in [2.45, 2.75) is 20.0 Å². The summed E-state index contributed by atoms with van der Waals surface area (Å²) in [5, 5.41) is 15.1. The molecule has 4 N–H and O–H groups in total. The fraction of sp³-hybridized carbons (Fsp3) is 0.200. The van der Waals surface area contributed by atoms with Crippen LogP contribution in [0, 0.1) is 6.92 Å². The molecule has 2 aromatic rings. The molecule has 0 saturated heterocycles. The number of nitrogens with zero attached hydrogens (tertiary/aromatic N) is 2. The van der Waals surface area contributed by atoms with Gasteiger partial charge in [-0.3, -0.25) is 4.98 Å². The number of oxime groups is 1. The number of nitrogens with two attached hydrogens (primary N) is 1. The Bertz CT molecular complexity index is 593. The minimum atomic E-state index is 0.0257. The van der Waals surface area contributed by atoms with Crippen molar-refractivity contribution in [3.8, 4) is 0 Å². The van der Waals surface area contributed by atoms with Crippen LogP contribution in [0.15, 0.2) is 47.8 Å². The van der Waals surface area contributed by atoms with Crippen LogP contribution in [0.4, 0.5) is 0 Å². The van der Waals surface area contributed by atoms with Crippen LogP contribution in [-0.4, -0.2) is 16.0 Å². The van der Waals surface area contributed by atoms with Crippen molar-refractivity contribution in [1.82, 2.24) is 10.3 Å². The SMILES string of the molecule is Cc1ccc(CNCc2cccnc2C(N)=NO)cc1. The molecule has 1 aromatic heterocycles. The normalized spacial score (nSPS) is 11.6. The van der Waals surface area contributed by atoms with E-state index < -0.39 is 0 Å². The average Bonchev–Trinajstić information content (AvgIpc) is 2.49. The van der Waals surface area contributed by atoms with Gasteiger partial charge in [0.25, 0.3) is 0 Å². The molecule has 0 aliphatic rings. The molecule has 0 spiro atoms. The van der Waals surface area contributed by atoms with E-state index >= 15 is 0 Å². The Morgan fingerprint density at radius 2 is 2.00 bits per heavy atom. The molecule has 0 fully saturated rings. The second kappa shape index (κ2) is 6.68. The third kappa shape index (κ3) is 3.55. The lowest BCUT2D eigenvalue weighted by Crippen LogP contribution is -2.21. The lowest BCUT2D eigenvalue weighted by Gasteiger charge is -2.09. The molecule has 0 amide bonds. The molecule has 0 radical (unpaired) electrons. The van der Waals surface area contributed by atoms with E-state index in [9.17, 15) is 0 Å². The summed E-state index contributed by atoms with van der Waals surface area (Å²) >= 11 is 0. The van der Waals surface area contributed by atoms with E-state index in [-0.39, 0.29) is 5.84 Å². The van der Waals surface area contributed by atoms with E-state index in [1.807, 2.05) is 12.1 Å². The average molecular weight is 270 g/mol. The van der Waals surface area contributed by atoms with Gasteiger partial charge in [-0.05, 0) is 24.1 Å². The van der Waals surface area contributed by atoms with E-state index in [0.717, 1.165) is 12.1 Å². The highest BCUT2D eigenvalue weighted by Crippen LogP contribution is 2.06. The van der Waals surface area contributed by atoms with Crippen LogP contribution in [0.1, 0.15) is 22.4 Å². The molecule has 5 nitrogen and oxygen atoms in total. The first kappa shape index (κ1) is 14.0. The van der Waals surface area contributed by atoms with Crippen molar-refractivity contribution >= 4 is 5.84 Å². The maximum Gasteiger partial charge on any atom is 0.189 e. The van der Waals surface area contributed by atoms with Crippen LogP contribution in [-0.2, 0) is 13.1 Å². The summed E-state index contributed by atoms with van der Waals surface area (Å²) in [6.45, 7) is 3.42. The van der Waals surface area contributed by atoms with Crippen molar-refractivity contribution in [3.05, 3.63) is 65.0 Å². The van der Waals surface area contributed by atoms with Crippen molar-refractivity contribution in [2.75, 3.05) is 0 Å². The van der Waals surface area contributed by atoms with E-state index in [1.54, 1.807) is 6.20 Å². The standard InChI is InChI=1S/C15H18N4O/c1-11-4-6-12(7-5-11)9-17-10-13-3-2-8-18-14(13)15(16)19-20/h2-8,17,20H,9-10H2,1H3,(H2,16,19). The van der Waals surface area contributed by atoms with E-state index in [0.29, 0.717) is 12.2 Å². The Hall–Kier alpha value is -2.40. The third-order valence-electron chi connectivity index (χ3n) is 3.01. The van der Waals surface area contributed by atoms with Crippen molar-refractivity contribution in [2.24, 2.45) is 10.9 Å². The third-order valence-corrected chi connectivity index (χ3v) is 3.01. The summed E-state index contributed by atoms with van der Waals surface area (Å²) in [5.41, 5.74) is 9.47. The maximum absolute atomic E-state index is 8.74. The highest BCUT2D eigenvalue weighted by Gasteiger charge is 2.07. The van der Waals surface area contributed by atoms with Gasteiger partial charge < -0.3 is 16.3 Å². The van der Waals surface area contributed by atoms with Gasteiger partial charge in [0.1, 0.15) is 5.69 Å². The summed E-state index contributed by atoms with van der Waals surface area (Å²) in [5.74, 6) is 0.0257. The number of rotatable bonds is 5. The zero-order valence-corrected chi connectivity index (χ0v) is 11.4. The molecule has 0 unspecified atom stereocenters. The van der Waals surface area contributed by atoms with Gasteiger partial charge in [0.15, 0.2) is 5.84 Å². The van der Waals surface area contributed by atoms with Crippen molar-refractivity contribution in [3.63, 3.8) is 0 Å². The van der Waals surface area contributed by atoms with Gasteiger partial charge in [-0.2, -0.15) is 0 Å². The number of hydrogen-bond donors (Lipinski definition) is 3. The summed E-state index contributed by atoms with van der Waals surface area (Å²) in [6, 6.07) is 12.1. The zero-order valence-electron chi connectivity index (χ0n) is 11.4. The van der Waals surface area contributed by atoms with Crippen LogP contribution in [0.2, 0.25) is 0 Å². The molecular weight excluding hydrogens is 252 g/mol. The predicted molar refractivity (Wildman–Crippen MR) is 78.5 cm³/mol. The molecule has 2 rings (SSSR count). The fourth-order valence-corrected chi connectivity index (χ4v) is 1.91. The Morgan fingerprint density at radius 3 is 2.70 bits per heavy atom. The lowest BCUT2D eigenvalue weighted by molar-refractivity contribution is 0.318. The van der Waals surface area contributed by atoms with Gasteiger partial charge in [0.2, 0.25) is 0 Å². The Kier molecular flexibility index (Phi) is 4.68. The quantitative estimate of drug-likeness (QED) is 0.335. The zero-order chi connectivity index (χ0) is 14.4. The highest BCUT2D eigenvalue weighted by atomic mass is 16.4. The number of pyridine rings is 1. The maximum atomic E-state index is 8.74. The van der Waals surface area contributed by atoms with E-state index in [2.05, 4.69) is 46.6 Å². The number of nitrogens with one attached hydrogen (secondary N) is 1. The molecule has 0 aliphatic carbocycles. The lowest BCUT2D eigenvalue weighted by atomic mass is 10.1. The van der Waals surface area contributed by atoms with Gasteiger partial charge in [-0.15, -0.1) is 0 Å². The summed E-state index contributed by atoms with van der Waals surface area (Å²) in [7, 11) is 0. The van der Waals surface area contributed by atoms with Crippen molar-refractivity contribution in [1.29, 1.82) is 0 Å². The second-order valence-corrected chi connectivity index (χ2v) is 4.59.